The van der Waals surface area contributed by atoms with Crippen molar-refractivity contribution in [3.8, 4) is 0 Å². The maximum Gasteiger partial charge on any atom is 0.416 e. The van der Waals surface area contributed by atoms with Gasteiger partial charge in [-0.2, -0.15) is 26.3 Å². The summed E-state index contributed by atoms with van der Waals surface area (Å²) < 4.78 is 84.9. The molecule has 2 aromatic carbocycles. The number of rotatable bonds is 6. The molecule has 1 aromatic heterocycles. The largest absolute Gasteiger partial charge is 0.451 e. The fourth-order valence-electron chi connectivity index (χ4n) is 3.47. The van der Waals surface area contributed by atoms with Crippen LogP contribution in [0, 0.1) is 5.92 Å². The summed E-state index contributed by atoms with van der Waals surface area (Å²) in [5.74, 6) is -1.44. The second-order valence-electron chi connectivity index (χ2n) is 8.01. The highest BCUT2D eigenvalue weighted by Gasteiger charge is 2.43. The maximum atomic E-state index is 13.6. The minimum atomic E-state index is -5.06. The average molecular weight is 469 g/mol. The van der Waals surface area contributed by atoms with Crippen LogP contribution in [0.15, 0.2) is 52.9 Å². The number of hydrogen-bond acceptors (Lipinski definition) is 3. The zero-order chi connectivity index (χ0) is 24.0. The second kappa shape index (κ2) is 8.24. The molecule has 0 bridgehead atoms. The lowest BCUT2D eigenvalue weighted by Crippen LogP contribution is -2.38. The van der Waals surface area contributed by atoms with Crippen LogP contribution in [0.5, 0.6) is 0 Å². The van der Waals surface area contributed by atoms with E-state index in [2.05, 4.69) is 0 Å². The molecule has 0 saturated heterocycles. The van der Waals surface area contributed by atoms with E-state index in [-0.39, 0.29) is 11.4 Å². The Morgan fingerprint density at radius 2 is 1.73 bits per heavy atom. The first kappa shape index (κ1) is 22.9. The van der Waals surface area contributed by atoms with Crippen LogP contribution in [0.25, 0.3) is 11.0 Å². The summed E-state index contributed by atoms with van der Waals surface area (Å²) in [6.45, 7) is 0. The van der Waals surface area contributed by atoms with Crippen LogP contribution in [-0.2, 0) is 6.18 Å². The summed E-state index contributed by atoms with van der Waals surface area (Å²) in [6, 6.07) is 5.68. The average Bonchev–Trinajstić information content (AvgIpc) is 3.44. The number of Topliss-reactive ketones (excluding diaryl/α,β-unsaturated/α-hetero) is 1. The number of benzene rings is 2. The van der Waals surface area contributed by atoms with E-state index in [1.807, 2.05) is 0 Å². The van der Waals surface area contributed by atoms with Crippen LogP contribution in [0.2, 0.25) is 0 Å². The molecule has 4 rings (SSSR count). The van der Waals surface area contributed by atoms with Gasteiger partial charge < -0.3 is 9.73 Å². The van der Waals surface area contributed by atoms with Crippen molar-refractivity contribution in [3.63, 3.8) is 0 Å². The molecular weight excluding hydrogens is 452 g/mol. The Morgan fingerprint density at radius 1 is 1.00 bits per heavy atom. The lowest BCUT2D eigenvalue weighted by atomic mass is 10.0. The van der Waals surface area contributed by atoms with Crippen molar-refractivity contribution in [2.45, 2.75) is 37.7 Å². The monoisotopic (exact) mass is 469 g/mol. The van der Waals surface area contributed by atoms with Crippen molar-refractivity contribution in [1.82, 2.24) is 5.32 Å². The highest BCUT2D eigenvalue weighted by Crippen LogP contribution is 2.37. The lowest BCUT2D eigenvalue weighted by molar-refractivity contribution is -0.156. The van der Waals surface area contributed by atoms with Crippen LogP contribution >= 0.6 is 0 Å². The van der Waals surface area contributed by atoms with Crippen molar-refractivity contribution >= 4 is 22.7 Å². The number of carbonyl (C=O) groups excluding carboxylic acids is 2. The fourth-order valence-corrected chi connectivity index (χ4v) is 3.47. The molecule has 0 spiro atoms. The Balaban J connectivity index is 1.58. The number of carbonyl (C=O) groups is 2. The molecule has 33 heavy (non-hydrogen) atoms. The molecule has 1 N–H and O–H groups in total. The van der Waals surface area contributed by atoms with Crippen LogP contribution in [0.4, 0.5) is 26.3 Å². The number of furan rings is 1. The molecule has 0 radical (unpaired) electrons. The molecule has 10 heteroatoms. The summed E-state index contributed by atoms with van der Waals surface area (Å²) in [4.78, 5) is 24.8. The van der Waals surface area contributed by atoms with Crippen LogP contribution in [0.1, 0.15) is 57.3 Å². The molecule has 1 aliphatic rings. The Morgan fingerprint density at radius 3 is 2.36 bits per heavy atom. The topological polar surface area (TPSA) is 59.3 Å². The summed E-state index contributed by atoms with van der Waals surface area (Å²) in [6.07, 6.45) is -7.53. The normalized spacial score (nSPS) is 15.5. The number of halogens is 6. The minimum absolute atomic E-state index is 0.0940. The lowest BCUT2D eigenvalue weighted by Gasteiger charge is -2.22. The third-order valence-electron chi connectivity index (χ3n) is 5.39. The molecule has 4 nitrogen and oxygen atoms in total. The quantitative estimate of drug-likeness (QED) is 0.333. The molecule has 1 atom stereocenters. The Kier molecular flexibility index (Phi) is 5.71. The van der Waals surface area contributed by atoms with Crippen molar-refractivity contribution < 1.29 is 40.3 Å². The molecule has 1 amide bonds. The fraction of sp³-hybridized carbons (Fsp3) is 0.304. The van der Waals surface area contributed by atoms with E-state index in [1.165, 1.54) is 18.2 Å². The summed E-state index contributed by atoms with van der Waals surface area (Å²) in [7, 11) is 0. The molecular formula is C23H17F6NO3. The second-order valence-corrected chi connectivity index (χ2v) is 8.01. The van der Waals surface area contributed by atoms with Gasteiger partial charge in [-0.1, -0.05) is 24.3 Å². The number of fused-ring (bicyclic) bond motifs is 1. The molecule has 1 saturated carbocycles. The SMILES string of the molecule is O=C(CC1CC1)c1ccc2cc(C(=O)NC(c3cccc(C(F)(F)F)c3)C(F)(F)F)oc2c1. The molecule has 1 fully saturated rings. The predicted octanol–water partition coefficient (Wildman–Crippen LogP) is 6.47. The van der Waals surface area contributed by atoms with Crippen molar-refractivity contribution in [1.29, 1.82) is 0 Å². The molecule has 1 unspecified atom stereocenters. The Bertz CT molecular complexity index is 1210. The van der Waals surface area contributed by atoms with E-state index in [0.29, 0.717) is 35.4 Å². The van der Waals surface area contributed by atoms with Crippen molar-refractivity contribution in [2.24, 2.45) is 5.92 Å². The van der Waals surface area contributed by atoms with Crippen molar-refractivity contribution in [3.05, 3.63) is 71.0 Å². The zero-order valence-electron chi connectivity index (χ0n) is 16.9. The summed E-state index contributed by atoms with van der Waals surface area (Å²) in [5, 5.41) is 2.10. The predicted molar refractivity (Wildman–Crippen MR) is 106 cm³/mol. The smallest absolute Gasteiger partial charge is 0.416 e. The number of ketones is 1. The van der Waals surface area contributed by atoms with Crippen LogP contribution in [-0.4, -0.2) is 17.9 Å². The maximum absolute atomic E-state index is 13.6. The third-order valence-corrected chi connectivity index (χ3v) is 5.39. The van der Waals surface area contributed by atoms with Gasteiger partial charge in [-0.15, -0.1) is 0 Å². The van der Waals surface area contributed by atoms with Gasteiger partial charge in [0.1, 0.15) is 5.58 Å². The molecule has 3 aromatic rings. The molecule has 1 heterocycles. The Labute approximate surface area is 183 Å². The summed E-state index contributed by atoms with van der Waals surface area (Å²) >= 11 is 0. The van der Waals surface area contributed by atoms with Gasteiger partial charge in [0.15, 0.2) is 17.6 Å². The molecule has 1 aliphatic carbocycles. The highest BCUT2D eigenvalue weighted by atomic mass is 19.4. The van der Waals surface area contributed by atoms with E-state index < -0.39 is 41.2 Å². The van der Waals surface area contributed by atoms with Gasteiger partial charge in [0.2, 0.25) is 0 Å². The van der Waals surface area contributed by atoms with Crippen LogP contribution < -0.4 is 5.32 Å². The van der Waals surface area contributed by atoms with Crippen LogP contribution in [0.3, 0.4) is 0 Å². The first-order chi connectivity index (χ1) is 15.4. The van der Waals surface area contributed by atoms with Gasteiger partial charge in [0.25, 0.3) is 5.91 Å². The van der Waals surface area contributed by atoms with E-state index in [0.717, 1.165) is 25.0 Å². The van der Waals surface area contributed by atoms with E-state index in [4.69, 9.17) is 4.42 Å². The highest BCUT2D eigenvalue weighted by molar-refractivity contribution is 6.01. The van der Waals surface area contributed by atoms with Gasteiger partial charge in [-0.25, -0.2) is 0 Å². The minimum Gasteiger partial charge on any atom is -0.451 e. The Hall–Kier alpha value is -3.30. The van der Waals surface area contributed by atoms with Crippen molar-refractivity contribution in [2.75, 3.05) is 0 Å². The van der Waals surface area contributed by atoms with E-state index in [9.17, 15) is 35.9 Å². The van der Waals surface area contributed by atoms with Gasteiger partial charge in [-0.3, -0.25) is 9.59 Å². The number of alkyl halides is 6. The molecule has 174 valence electrons. The van der Waals surface area contributed by atoms with Gasteiger partial charge >= 0.3 is 12.4 Å². The van der Waals surface area contributed by atoms with E-state index in [1.54, 1.807) is 11.4 Å². The summed E-state index contributed by atoms with van der Waals surface area (Å²) in [5.41, 5.74) is -1.53. The number of hydrogen-bond donors (Lipinski definition) is 1. The van der Waals surface area contributed by atoms with E-state index >= 15 is 0 Å². The standard InChI is InChI=1S/C23H17F6NO3/c24-22(25,26)16-3-1-2-15(9-16)20(23(27,28)29)30-21(32)19-11-14-7-6-13(10-18(14)33-19)17(31)8-12-4-5-12/h1-3,6-7,9-12,20H,4-5,8H2,(H,30,32). The molecule has 0 aliphatic heterocycles. The number of amides is 1. The third kappa shape index (κ3) is 5.20. The van der Waals surface area contributed by atoms with Gasteiger partial charge in [-0.05, 0) is 48.6 Å². The first-order valence-corrected chi connectivity index (χ1v) is 10.0. The van der Waals surface area contributed by atoms with Gasteiger partial charge in [0, 0.05) is 17.4 Å². The first-order valence-electron chi connectivity index (χ1n) is 10.0. The number of nitrogens with one attached hydrogen (secondary N) is 1. The van der Waals surface area contributed by atoms with Gasteiger partial charge in [0.05, 0.1) is 5.56 Å². The zero-order valence-corrected chi connectivity index (χ0v) is 16.9.